The van der Waals surface area contributed by atoms with Gasteiger partial charge < -0.3 is 0 Å². The van der Waals surface area contributed by atoms with Gasteiger partial charge in [0, 0.05) is 24.0 Å². The second-order valence-corrected chi connectivity index (χ2v) is 8.40. The van der Waals surface area contributed by atoms with Gasteiger partial charge >= 0.3 is 0 Å². The van der Waals surface area contributed by atoms with E-state index >= 15 is 0 Å². The van der Waals surface area contributed by atoms with Crippen LogP contribution in [0, 0.1) is 5.92 Å². The highest BCUT2D eigenvalue weighted by molar-refractivity contribution is 9.09. The molecule has 3 unspecified atom stereocenters. The fraction of sp³-hybridized carbons (Fsp3) is 1.00. The molecule has 1 saturated carbocycles. The largest absolute Gasteiger partial charge is 0.279 e. The number of hydrogen-bond donors (Lipinski definition) is 1. The molecule has 1 aliphatic heterocycles. The van der Waals surface area contributed by atoms with E-state index in [2.05, 4.69) is 20.7 Å². The highest BCUT2D eigenvalue weighted by atomic mass is 79.9. The van der Waals surface area contributed by atoms with Crippen molar-refractivity contribution in [1.82, 2.24) is 9.03 Å². The lowest BCUT2D eigenvalue weighted by Crippen LogP contribution is -2.49. The number of rotatable bonds is 4. The van der Waals surface area contributed by atoms with Crippen LogP contribution in [0.2, 0.25) is 0 Å². The monoisotopic (exact) mass is 338 g/mol. The van der Waals surface area contributed by atoms with E-state index in [1.54, 1.807) is 4.31 Å². The maximum absolute atomic E-state index is 12.3. The average molecular weight is 339 g/mol. The molecule has 1 aliphatic carbocycles. The minimum Gasteiger partial charge on any atom is -0.202 e. The smallest absolute Gasteiger partial charge is 0.202 e. The molecule has 1 heterocycles. The van der Waals surface area contributed by atoms with Crippen molar-refractivity contribution in [3.63, 3.8) is 0 Å². The topological polar surface area (TPSA) is 49.4 Å². The number of nitrogens with one attached hydrogen (secondary N) is 1. The maximum atomic E-state index is 12.3. The molecule has 18 heavy (non-hydrogen) atoms. The van der Waals surface area contributed by atoms with Crippen LogP contribution in [0.3, 0.4) is 0 Å². The van der Waals surface area contributed by atoms with E-state index < -0.39 is 10.2 Å². The van der Waals surface area contributed by atoms with Gasteiger partial charge in [-0.1, -0.05) is 28.8 Å². The summed E-state index contributed by atoms with van der Waals surface area (Å²) in [6.45, 7) is 3.24. The molecule has 6 heteroatoms. The fourth-order valence-corrected chi connectivity index (χ4v) is 5.26. The van der Waals surface area contributed by atoms with E-state index in [-0.39, 0.29) is 6.04 Å². The fourth-order valence-electron chi connectivity index (χ4n) is 2.95. The van der Waals surface area contributed by atoms with Crippen molar-refractivity contribution >= 4 is 26.1 Å². The van der Waals surface area contributed by atoms with Crippen molar-refractivity contribution in [2.24, 2.45) is 5.92 Å². The quantitative estimate of drug-likeness (QED) is 0.799. The molecule has 2 rings (SSSR count). The van der Waals surface area contributed by atoms with Crippen LogP contribution >= 0.6 is 15.9 Å². The van der Waals surface area contributed by atoms with Crippen LogP contribution in [-0.2, 0) is 10.2 Å². The second-order valence-electron chi connectivity index (χ2n) is 5.52. The Morgan fingerprint density at radius 1 is 1.22 bits per heavy atom. The lowest BCUT2D eigenvalue weighted by Gasteiger charge is -2.32. The van der Waals surface area contributed by atoms with Gasteiger partial charge in [0.05, 0.1) is 0 Å². The van der Waals surface area contributed by atoms with Gasteiger partial charge in [-0.3, -0.25) is 0 Å². The van der Waals surface area contributed by atoms with Crippen LogP contribution in [0.1, 0.15) is 45.4 Å². The molecule has 0 aromatic rings. The lowest BCUT2D eigenvalue weighted by molar-refractivity contribution is 0.264. The van der Waals surface area contributed by atoms with Gasteiger partial charge in [-0.25, -0.2) is 4.72 Å². The molecule has 0 aromatic heterocycles. The first-order valence-electron chi connectivity index (χ1n) is 6.91. The van der Waals surface area contributed by atoms with Crippen molar-refractivity contribution in [3.05, 3.63) is 0 Å². The van der Waals surface area contributed by atoms with Crippen molar-refractivity contribution in [2.45, 2.75) is 56.3 Å². The van der Waals surface area contributed by atoms with Crippen LogP contribution in [0.15, 0.2) is 0 Å². The Balaban J connectivity index is 1.90. The molecular weight excluding hydrogens is 316 g/mol. The first-order valence-corrected chi connectivity index (χ1v) is 9.27. The van der Waals surface area contributed by atoms with E-state index in [9.17, 15) is 8.42 Å². The van der Waals surface area contributed by atoms with E-state index in [1.165, 1.54) is 6.42 Å². The number of piperidine rings is 1. The average Bonchev–Trinajstić information content (AvgIpc) is 2.73. The minimum absolute atomic E-state index is 0.139. The Hall–Kier alpha value is 0.350. The van der Waals surface area contributed by atoms with Gasteiger partial charge in [0.2, 0.25) is 0 Å². The molecule has 3 atom stereocenters. The lowest BCUT2D eigenvalue weighted by atomic mass is 10.1. The van der Waals surface area contributed by atoms with Crippen molar-refractivity contribution < 1.29 is 8.42 Å². The molecule has 1 N–H and O–H groups in total. The summed E-state index contributed by atoms with van der Waals surface area (Å²) in [6.07, 6.45) is 6.57. The van der Waals surface area contributed by atoms with Crippen LogP contribution in [0.25, 0.3) is 0 Å². The molecule has 0 spiro atoms. The number of nitrogens with zero attached hydrogens (tertiary/aromatic N) is 1. The zero-order chi connectivity index (χ0) is 13.2. The summed E-state index contributed by atoms with van der Waals surface area (Å²) >= 11 is 3.63. The van der Waals surface area contributed by atoms with Crippen LogP contribution in [0.4, 0.5) is 0 Å². The van der Waals surface area contributed by atoms with Gasteiger partial charge in [0.15, 0.2) is 0 Å². The molecule has 106 valence electrons. The van der Waals surface area contributed by atoms with E-state index in [0.717, 1.165) is 32.1 Å². The van der Waals surface area contributed by atoms with Crippen molar-refractivity contribution in [3.8, 4) is 0 Å². The Bertz CT molecular complexity index is 374. The minimum atomic E-state index is -3.28. The molecule has 2 fully saturated rings. The first-order chi connectivity index (χ1) is 8.50. The summed E-state index contributed by atoms with van der Waals surface area (Å²) in [5.74, 6) is 0.444. The molecular formula is C12H23BrN2O2S. The summed E-state index contributed by atoms with van der Waals surface area (Å²) in [7, 11) is -3.28. The standard InChI is InChI=1S/C12H23BrN2O2S/c1-10-5-2-3-8-15(10)18(16,17)14-9-11-6-4-7-12(11)13/h10-12,14H,2-9H2,1H3. The molecule has 0 radical (unpaired) electrons. The Morgan fingerprint density at radius 2 is 2.00 bits per heavy atom. The van der Waals surface area contributed by atoms with Crippen molar-refractivity contribution in [2.75, 3.05) is 13.1 Å². The molecule has 0 amide bonds. The molecule has 4 nitrogen and oxygen atoms in total. The van der Waals surface area contributed by atoms with Gasteiger partial charge in [0.25, 0.3) is 10.2 Å². The summed E-state index contributed by atoms with van der Waals surface area (Å²) < 4.78 is 29.0. The highest BCUT2D eigenvalue weighted by Gasteiger charge is 2.31. The third-order valence-corrected chi connectivity index (χ3v) is 7.04. The zero-order valence-corrected chi connectivity index (χ0v) is 13.3. The molecule has 0 bridgehead atoms. The molecule has 2 aliphatic rings. The van der Waals surface area contributed by atoms with E-state index in [1.807, 2.05) is 6.92 Å². The second kappa shape index (κ2) is 6.20. The van der Waals surface area contributed by atoms with Gasteiger partial charge in [-0.15, -0.1) is 0 Å². The number of hydrogen-bond acceptors (Lipinski definition) is 2. The SMILES string of the molecule is CC1CCCCN1S(=O)(=O)NCC1CCCC1Br. The van der Waals surface area contributed by atoms with Gasteiger partial charge in [-0.2, -0.15) is 12.7 Å². The summed E-state index contributed by atoms with van der Waals surface area (Å²) in [6, 6.07) is 0.139. The van der Waals surface area contributed by atoms with Gasteiger partial charge in [0.1, 0.15) is 0 Å². The number of halogens is 1. The van der Waals surface area contributed by atoms with E-state index in [4.69, 9.17) is 0 Å². The first kappa shape index (κ1) is 14.8. The summed E-state index contributed by atoms with van der Waals surface area (Å²) in [4.78, 5) is 0.471. The predicted molar refractivity (Wildman–Crippen MR) is 77.0 cm³/mol. The third kappa shape index (κ3) is 3.46. The molecule has 1 saturated heterocycles. The normalized spacial score (nSPS) is 34.9. The van der Waals surface area contributed by atoms with E-state index in [0.29, 0.717) is 23.8 Å². The predicted octanol–water partition coefficient (Wildman–Crippen LogP) is 2.26. The third-order valence-electron chi connectivity index (χ3n) is 4.14. The Kier molecular flexibility index (Phi) is 5.08. The van der Waals surface area contributed by atoms with Crippen LogP contribution < -0.4 is 4.72 Å². The van der Waals surface area contributed by atoms with Crippen LogP contribution in [0.5, 0.6) is 0 Å². The maximum Gasteiger partial charge on any atom is 0.279 e. The summed E-state index contributed by atoms with van der Waals surface area (Å²) in [5.41, 5.74) is 0. The van der Waals surface area contributed by atoms with Crippen LogP contribution in [-0.4, -0.2) is 36.7 Å². The summed E-state index contributed by atoms with van der Waals surface area (Å²) in [5, 5.41) is 0. The highest BCUT2D eigenvalue weighted by Crippen LogP contribution is 2.31. The molecule has 0 aromatic carbocycles. The Labute approximate surface area is 119 Å². The zero-order valence-electron chi connectivity index (χ0n) is 10.9. The van der Waals surface area contributed by atoms with Gasteiger partial charge in [-0.05, 0) is 38.5 Å². The van der Waals surface area contributed by atoms with Crippen molar-refractivity contribution in [1.29, 1.82) is 0 Å². The Morgan fingerprint density at radius 3 is 2.61 bits per heavy atom. The number of alkyl halides is 1.